The summed E-state index contributed by atoms with van der Waals surface area (Å²) in [6.07, 6.45) is 1.82. The molecule has 3 nitrogen and oxygen atoms in total. The number of esters is 1. The molecule has 0 amide bonds. The van der Waals surface area contributed by atoms with Crippen LogP contribution in [0.3, 0.4) is 0 Å². The fourth-order valence-electron chi connectivity index (χ4n) is 4.37. The molecule has 0 bridgehead atoms. The van der Waals surface area contributed by atoms with Crippen LogP contribution in [-0.2, 0) is 22.6 Å². The van der Waals surface area contributed by atoms with Gasteiger partial charge in [-0.3, -0.25) is 4.79 Å². The van der Waals surface area contributed by atoms with Crippen LogP contribution in [0.5, 0.6) is 5.75 Å². The third-order valence-electron chi connectivity index (χ3n) is 5.98. The summed E-state index contributed by atoms with van der Waals surface area (Å²) >= 11 is 12.2. The third kappa shape index (κ3) is 3.21. The summed E-state index contributed by atoms with van der Waals surface area (Å²) in [5, 5.41) is 1.20. The molecule has 1 fully saturated rings. The first-order chi connectivity index (χ1) is 12.9. The molecule has 5 heteroatoms. The highest BCUT2D eigenvalue weighted by Gasteiger charge is 2.46. The zero-order valence-corrected chi connectivity index (χ0v) is 17.2. The second-order valence-electron chi connectivity index (χ2n) is 7.58. The van der Waals surface area contributed by atoms with Gasteiger partial charge in [-0.1, -0.05) is 36.2 Å². The molecular formula is C22H22Cl2O3. The van der Waals surface area contributed by atoms with E-state index in [9.17, 15) is 4.79 Å². The van der Waals surface area contributed by atoms with Crippen molar-refractivity contribution in [2.45, 2.75) is 46.3 Å². The average Bonchev–Trinajstić information content (AvgIpc) is 2.92. The van der Waals surface area contributed by atoms with Crippen molar-refractivity contribution in [3.63, 3.8) is 0 Å². The molecule has 1 aliphatic carbocycles. The van der Waals surface area contributed by atoms with Crippen molar-refractivity contribution in [1.29, 1.82) is 0 Å². The van der Waals surface area contributed by atoms with Crippen LogP contribution in [0.15, 0.2) is 24.3 Å². The lowest BCUT2D eigenvalue weighted by molar-refractivity contribution is -0.144. The monoisotopic (exact) mass is 404 g/mol. The molecule has 0 radical (unpaired) electrons. The molecule has 2 aliphatic rings. The van der Waals surface area contributed by atoms with Crippen LogP contribution in [0.25, 0.3) is 0 Å². The SMILES string of the molecule is Cc1cc(OCc2ccc(Cl)cc2Cl)c(C)c2c1CC[C@H]1C(C)C(=O)O[C@@H]21. The first-order valence-corrected chi connectivity index (χ1v) is 10.0. The number of halogens is 2. The van der Waals surface area contributed by atoms with E-state index in [-0.39, 0.29) is 23.9 Å². The van der Waals surface area contributed by atoms with E-state index in [0.717, 1.165) is 35.3 Å². The maximum Gasteiger partial charge on any atom is 0.309 e. The van der Waals surface area contributed by atoms with Gasteiger partial charge in [0.1, 0.15) is 18.5 Å². The van der Waals surface area contributed by atoms with Gasteiger partial charge in [0.2, 0.25) is 0 Å². The van der Waals surface area contributed by atoms with Gasteiger partial charge in [-0.25, -0.2) is 0 Å². The van der Waals surface area contributed by atoms with Gasteiger partial charge in [0.25, 0.3) is 0 Å². The van der Waals surface area contributed by atoms with E-state index in [1.54, 1.807) is 12.1 Å². The summed E-state index contributed by atoms with van der Waals surface area (Å²) in [7, 11) is 0. The predicted octanol–water partition coefficient (Wildman–Crippen LogP) is 5.99. The fourth-order valence-corrected chi connectivity index (χ4v) is 4.83. The van der Waals surface area contributed by atoms with Gasteiger partial charge in [0.15, 0.2) is 0 Å². The first-order valence-electron chi connectivity index (χ1n) is 9.27. The van der Waals surface area contributed by atoms with Gasteiger partial charge in [-0.05, 0) is 61.6 Å². The summed E-state index contributed by atoms with van der Waals surface area (Å²) in [6.45, 7) is 6.49. The second-order valence-corrected chi connectivity index (χ2v) is 8.43. The number of aryl methyl sites for hydroxylation is 1. The van der Waals surface area contributed by atoms with Crippen molar-refractivity contribution in [3.8, 4) is 5.75 Å². The molecule has 3 atom stereocenters. The molecule has 1 aliphatic heterocycles. The zero-order chi connectivity index (χ0) is 19.3. The van der Waals surface area contributed by atoms with Crippen LogP contribution in [0.4, 0.5) is 0 Å². The van der Waals surface area contributed by atoms with Crippen LogP contribution in [0.2, 0.25) is 10.0 Å². The number of carbonyl (C=O) groups excluding carboxylic acids is 1. The lowest BCUT2D eigenvalue weighted by atomic mass is 9.74. The quantitative estimate of drug-likeness (QED) is 0.589. The first kappa shape index (κ1) is 18.6. The van der Waals surface area contributed by atoms with Crippen molar-refractivity contribution >= 4 is 29.2 Å². The Labute approximate surface area is 169 Å². The molecule has 1 saturated heterocycles. The van der Waals surface area contributed by atoms with Gasteiger partial charge in [-0.2, -0.15) is 0 Å². The van der Waals surface area contributed by atoms with Crippen LogP contribution in [0, 0.1) is 25.7 Å². The van der Waals surface area contributed by atoms with Crippen molar-refractivity contribution in [3.05, 3.63) is 62.1 Å². The van der Waals surface area contributed by atoms with Crippen LogP contribution in [0.1, 0.15) is 47.3 Å². The lowest BCUT2D eigenvalue weighted by Gasteiger charge is -2.31. The van der Waals surface area contributed by atoms with Crippen molar-refractivity contribution in [1.82, 2.24) is 0 Å². The molecular weight excluding hydrogens is 383 g/mol. The van der Waals surface area contributed by atoms with Gasteiger partial charge in [0, 0.05) is 27.1 Å². The highest BCUT2D eigenvalue weighted by molar-refractivity contribution is 6.35. The highest BCUT2D eigenvalue weighted by atomic mass is 35.5. The fraction of sp³-hybridized carbons (Fsp3) is 0.409. The molecule has 0 spiro atoms. The van der Waals surface area contributed by atoms with Crippen LogP contribution >= 0.6 is 23.2 Å². The van der Waals surface area contributed by atoms with E-state index < -0.39 is 0 Å². The minimum atomic E-state index is -0.155. The van der Waals surface area contributed by atoms with E-state index in [0.29, 0.717) is 16.7 Å². The van der Waals surface area contributed by atoms with Gasteiger partial charge < -0.3 is 9.47 Å². The van der Waals surface area contributed by atoms with Crippen LogP contribution < -0.4 is 4.74 Å². The Balaban J connectivity index is 1.67. The number of benzene rings is 2. The van der Waals surface area contributed by atoms with Crippen molar-refractivity contribution in [2.24, 2.45) is 11.8 Å². The summed E-state index contributed by atoms with van der Waals surface area (Å²) in [5.41, 5.74) is 5.56. The number of carbonyl (C=O) groups is 1. The Bertz CT molecular complexity index is 922. The minimum Gasteiger partial charge on any atom is -0.489 e. The largest absolute Gasteiger partial charge is 0.489 e. The number of fused-ring (bicyclic) bond motifs is 3. The molecule has 27 heavy (non-hydrogen) atoms. The van der Waals surface area contributed by atoms with E-state index >= 15 is 0 Å². The summed E-state index contributed by atoms with van der Waals surface area (Å²) in [4.78, 5) is 12.1. The smallest absolute Gasteiger partial charge is 0.309 e. The maximum atomic E-state index is 12.1. The molecule has 142 valence electrons. The molecule has 1 heterocycles. The van der Waals surface area contributed by atoms with E-state index in [4.69, 9.17) is 32.7 Å². The van der Waals surface area contributed by atoms with E-state index in [2.05, 4.69) is 19.9 Å². The molecule has 4 rings (SSSR count). The zero-order valence-electron chi connectivity index (χ0n) is 15.6. The Kier molecular flexibility index (Phi) is 4.85. The summed E-state index contributed by atoms with van der Waals surface area (Å²) in [6, 6.07) is 7.48. The third-order valence-corrected chi connectivity index (χ3v) is 6.57. The number of ether oxygens (including phenoxy) is 2. The predicted molar refractivity (Wildman–Crippen MR) is 107 cm³/mol. The van der Waals surface area contributed by atoms with Crippen LogP contribution in [-0.4, -0.2) is 5.97 Å². The standard InChI is InChI=1S/C22H22Cl2O3/c1-11-8-19(26-10-14-4-5-15(23)9-18(14)24)13(3)20-16(11)6-7-17-12(2)22(25)27-21(17)20/h4-5,8-9,12,17,21H,6-7,10H2,1-3H3/t12?,17-,21+/m0/s1. The Morgan fingerprint density at radius 1 is 1.22 bits per heavy atom. The van der Waals surface area contributed by atoms with Crippen molar-refractivity contribution in [2.75, 3.05) is 0 Å². The van der Waals surface area contributed by atoms with E-state index in [1.807, 2.05) is 13.0 Å². The Morgan fingerprint density at radius 2 is 2.00 bits per heavy atom. The molecule has 2 aromatic rings. The lowest BCUT2D eigenvalue weighted by Crippen LogP contribution is -2.22. The molecule has 0 aromatic heterocycles. The highest BCUT2D eigenvalue weighted by Crippen LogP contribution is 2.49. The molecule has 0 saturated carbocycles. The minimum absolute atomic E-state index is 0.0414. The van der Waals surface area contributed by atoms with Gasteiger partial charge in [-0.15, -0.1) is 0 Å². The topological polar surface area (TPSA) is 35.5 Å². The average molecular weight is 405 g/mol. The van der Waals surface area contributed by atoms with Gasteiger partial charge >= 0.3 is 5.97 Å². The number of hydrogen-bond donors (Lipinski definition) is 0. The van der Waals surface area contributed by atoms with Crippen molar-refractivity contribution < 1.29 is 14.3 Å². The molecule has 0 N–H and O–H groups in total. The maximum absolute atomic E-state index is 12.1. The summed E-state index contributed by atoms with van der Waals surface area (Å²) in [5.74, 6) is 0.937. The van der Waals surface area contributed by atoms with Gasteiger partial charge in [0.05, 0.1) is 5.92 Å². The number of hydrogen-bond acceptors (Lipinski definition) is 3. The van der Waals surface area contributed by atoms with E-state index in [1.165, 1.54) is 11.1 Å². The molecule has 2 aromatic carbocycles. The second kappa shape index (κ2) is 7.03. The normalized spacial score (nSPS) is 23.6. The Morgan fingerprint density at radius 3 is 2.74 bits per heavy atom. The summed E-state index contributed by atoms with van der Waals surface area (Å²) < 4.78 is 11.9. The number of rotatable bonds is 3. The molecule has 1 unspecified atom stereocenters. The Hall–Kier alpha value is -1.71.